The van der Waals surface area contributed by atoms with E-state index in [0.29, 0.717) is 31.7 Å². The van der Waals surface area contributed by atoms with Crippen LogP contribution in [0.1, 0.15) is 68.3 Å². The number of benzene rings is 1. The molecule has 0 N–H and O–H groups in total. The Kier molecular flexibility index (Phi) is 8.07. The minimum Gasteiger partial charge on any atom is -0.383 e. The molecular formula is C27H41N3O3. The number of ether oxygens (including phenoxy) is 1. The minimum absolute atomic E-state index is 0.00735. The highest BCUT2D eigenvalue weighted by Gasteiger charge is 2.42. The zero-order valence-electron chi connectivity index (χ0n) is 20.7. The molecule has 2 fully saturated rings. The van der Waals surface area contributed by atoms with E-state index in [1.165, 1.54) is 45.2 Å². The van der Waals surface area contributed by atoms with Crippen molar-refractivity contribution >= 4 is 11.8 Å². The Bertz CT molecular complexity index is 827. The van der Waals surface area contributed by atoms with Gasteiger partial charge in [0.05, 0.1) is 6.61 Å². The Morgan fingerprint density at radius 1 is 1.18 bits per heavy atom. The molecule has 0 radical (unpaired) electrons. The Morgan fingerprint density at radius 2 is 1.97 bits per heavy atom. The number of carbonyl (C=O) groups is 2. The molecule has 0 bridgehead atoms. The van der Waals surface area contributed by atoms with Crippen LogP contribution in [0.2, 0.25) is 0 Å². The Labute approximate surface area is 199 Å². The van der Waals surface area contributed by atoms with Crippen molar-refractivity contribution in [2.75, 3.05) is 39.9 Å². The summed E-state index contributed by atoms with van der Waals surface area (Å²) in [5.74, 6) is 0.685. The molecule has 0 spiro atoms. The second kappa shape index (κ2) is 11.0. The molecule has 3 aliphatic heterocycles. The molecule has 0 unspecified atom stereocenters. The Balaban J connectivity index is 1.56. The lowest BCUT2D eigenvalue weighted by Gasteiger charge is -2.46. The maximum atomic E-state index is 14.1. The number of piperidine rings is 2. The second-order valence-corrected chi connectivity index (χ2v) is 10.2. The average Bonchev–Trinajstić information content (AvgIpc) is 3.17. The van der Waals surface area contributed by atoms with Crippen LogP contribution in [0.5, 0.6) is 0 Å². The van der Waals surface area contributed by atoms with Crippen LogP contribution < -0.4 is 0 Å². The van der Waals surface area contributed by atoms with Gasteiger partial charge in [0.15, 0.2) is 0 Å². The molecule has 4 rings (SSSR count). The van der Waals surface area contributed by atoms with Gasteiger partial charge in [-0.3, -0.25) is 9.59 Å². The topological polar surface area (TPSA) is 53.1 Å². The molecule has 4 atom stereocenters. The lowest BCUT2D eigenvalue weighted by Crippen LogP contribution is -2.56. The summed E-state index contributed by atoms with van der Waals surface area (Å²) in [6.07, 6.45) is 7.07. The van der Waals surface area contributed by atoms with Crippen LogP contribution in [0.4, 0.5) is 0 Å². The van der Waals surface area contributed by atoms with E-state index in [2.05, 4.69) is 18.7 Å². The Hall–Kier alpha value is -1.92. The highest BCUT2D eigenvalue weighted by molar-refractivity contribution is 6.01. The standard InChI is InChI=1S/C27H41N3O3/c1-4-20(2)25(30-19-21-10-5-6-12-23(21)26(30)31)27(32)29(16-17-33-3)18-22-11-9-15-28-14-8-7-13-24(22)28/h5-6,10,12,20,22,24-25H,4,7-9,11,13-19H2,1-3H3/t20-,22+,24-,25+/m0/s1. The molecule has 3 heterocycles. The van der Waals surface area contributed by atoms with Crippen LogP contribution in [0.3, 0.4) is 0 Å². The number of hydrogen-bond acceptors (Lipinski definition) is 4. The third kappa shape index (κ3) is 5.12. The van der Waals surface area contributed by atoms with E-state index < -0.39 is 6.04 Å². The van der Waals surface area contributed by atoms with E-state index in [0.717, 1.165) is 24.1 Å². The van der Waals surface area contributed by atoms with E-state index in [1.54, 1.807) is 7.11 Å². The van der Waals surface area contributed by atoms with E-state index in [1.807, 2.05) is 34.1 Å². The molecule has 3 aliphatic rings. The van der Waals surface area contributed by atoms with Gasteiger partial charge in [-0.2, -0.15) is 0 Å². The smallest absolute Gasteiger partial charge is 0.255 e. The fraction of sp³-hybridized carbons (Fsp3) is 0.704. The molecule has 1 aromatic rings. The SMILES string of the molecule is CC[C@H](C)[C@H](C(=O)N(CCOC)C[C@H]1CCCN2CCCC[C@@H]12)N1Cc2ccccc2C1=O. The van der Waals surface area contributed by atoms with Crippen LogP contribution in [-0.2, 0) is 16.1 Å². The van der Waals surface area contributed by atoms with Crippen LogP contribution in [-0.4, -0.2) is 78.5 Å². The monoisotopic (exact) mass is 455 g/mol. The molecule has 6 nitrogen and oxygen atoms in total. The fourth-order valence-corrected chi connectivity index (χ4v) is 6.16. The van der Waals surface area contributed by atoms with E-state index in [9.17, 15) is 9.59 Å². The molecule has 1 aromatic carbocycles. The van der Waals surface area contributed by atoms with Gasteiger partial charge < -0.3 is 19.4 Å². The summed E-state index contributed by atoms with van der Waals surface area (Å²) in [7, 11) is 1.69. The van der Waals surface area contributed by atoms with Crippen molar-refractivity contribution in [1.82, 2.24) is 14.7 Å². The summed E-state index contributed by atoms with van der Waals surface area (Å²) in [5, 5.41) is 0. The summed E-state index contributed by atoms with van der Waals surface area (Å²) in [4.78, 5) is 33.9. The predicted molar refractivity (Wildman–Crippen MR) is 130 cm³/mol. The normalized spacial score (nSPS) is 24.8. The molecule has 0 saturated carbocycles. The van der Waals surface area contributed by atoms with Crippen LogP contribution in [0, 0.1) is 11.8 Å². The predicted octanol–water partition coefficient (Wildman–Crippen LogP) is 3.80. The first-order chi connectivity index (χ1) is 16.0. The van der Waals surface area contributed by atoms with Gasteiger partial charge >= 0.3 is 0 Å². The van der Waals surface area contributed by atoms with Crippen molar-refractivity contribution in [1.29, 1.82) is 0 Å². The van der Waals surface area contributed by atoms with Crippen LogP contribution in [0.25, 0.3) is 0 Å². The highest BCUT2D eigenvalue weighted by Crippen LogP contribution is 2.33. The van der Waals surface area contributed by atoms with E-state index in [4.69, 9.17) is 4.74 Å². The first kappa shape index (κ1) is 24.2. The number of methoxy groups -OCH3 is 1. The lowest BCUT2D eigenvalue weighted by atomic mass is 9.83. The van der Waals surface area contributed by atoms with Gasteiger partial charge in [-0.25, -0.2) is 0 Å². The molecule has 182 valence electrons. The summed E-state index contributed by atoms with van der Waals surface area (Å²) in [6.45, 7) is 9.01. The summed E-state index contributed by atoms with van der Waals surface area (Å²) < 4.78 is 5.40. The number of fused-ring (bicyclic) bond motifs is 2. The lowest BCUT2D eigenvalue weighted by molar-refractivity contribution is -0.140. The van der Waals surface area contributed by atoms with Crippen LogP contribution >= 0.6 is 0 Å². The van der Waals surface area contributed by atoms with E-state index >= 15 is 0 Å². The number of rotatable bonds is 9. The third-order valence-electron chi connectivity index (χ3n) is 8.18. The van der Waals surface area contributed by atoms with Crippen molar-refractivity contribution in [2.24, 2.45) is 11.8 Å². The average molecular weight is 456 g/mol. The molecule has 6 heteroatoms. The summed E-state index contributed by atoms with van der Waals surface area (Å²) in [6, 6.07) is 7.93. The first-order valence-electron chi connectivity index (χ1n) is 13.0. The van der Waals surface area contributed by atoms with Gasteiger partial charge in [-0.1, -0.05) is 44.9 Å². The highest BCUT2D eigenvalue weighted by atomic mass is 16.5. The van der Waals surface area contributed by atoms with Crippen molar-refractivity contribution in [3.8, 4) is 0 Å². The number of nitrogens with zero attached hydrogens (tertiary/aromatic N) is 3. The summed E-state index contributed by atoms with van der Waals surface area (Å²) in [5.41, 5.74) is 1.77. The second-order valence-electron chi connectivity index (χ2n) is 10.2. The maximum Gasteiger partial charge on any atom is 0.255 e. The molecule has 0 aliphatic carbocycles. The molecular weight excluding hydrogens is 414 g/mol. The maximum absolute atomic E-state index is 14.1. The van der Waals surface area contributed by atoms with Crippen molar-refractivity contribution in [3.63, 3.8) is 0 Å². The zero-order valence-corrected chi connectivity index (χ0v) is 20.7. The largest absolute Gasteiger partial charge is 0.383 e. The zero-order chi connectivity index (χ0) is 23.4. The summed E-state index contributed by atoms with van der Waals surface area (Å²) >= 11 is 0. The third-order valence-corrected chi connectivity index (χ3v) is 8.18. The quantitative estimate of drug-likeness (QED) is 0.568. The van der Waals surface area contributed by atoms with E-state index in [-0.39, 0.29) is 17.7 Å². The van der Waals surface area contributed by atoms with Gasteiger partial charge in [0, 0.05) is 38.3 Å². The number of carbonyl (C=O) groups excluding carboxylic acids is 2. The molecule has 2 saturated heterocycles. The Morgan fingerprint density at radius 3 is 2.73 bits per heavy atom. The number of hydrogen-bond donors (Lipinski definition) is 0. The molecule has 2 amide bonds. The van der Waals surface area contributed by atoms with Gasteiger partial charge in [0.2, 0.25) is 5.91 Å². The van der Waals surface area contributed by atoms with Crippen molar-refractivity contribution < 1.29 is 14.3 Å². The molecule has 0 aromatic heterocycles. The molecule has 33 heavy (non-hydrogen) atoms. The van der Waals surface area contributed by atoms with Gasteiger partial charge in [0.1, 0.15) is 6.04 Å². The number of amides is 2. The van der Waals surface area contributed by atoms with Crippen LogP contribution in [0.15, 0.2) is 24.3 Å². The first-order valence-corrected chi connectivity index (χ1v) is 13.0. The van der Waals surface area contributed by atoms with Gasteiger partial charge in [0.25, 0.3) is 5.91 Å². The fourth-order valence-electron chi connectivity index (χ4n) is 6.16. The van der Waals surface area contributed by atoms with Gasteiger partial charge in [-0.15, -0.1) is 0 Å². The minimum atomic E-state index is -0.433. The van der Waals surface area contributed by atoms with Crippen molar-refractivity contribution in [2.45, 2.75) is 71.0 Å². The van der Waals surface area contributed by atoms with Crippen molar-refractivity contribution in [3.05, 3.63) is 35.4 Å². The van der Waals surface area contributed by atoms with Gasteiger partial charge in [-0.05, 0) is 62.2 Å².